The molecule has 0 aliphatic heterocycles. The molecule has 3 aromatic rings. The molecule has 2 heterocycles. The SMILES string of the molecule is O=C(O)c1cccc(Sc2nc3ccccc3[nH]2)n1. The van der Waals surface area contributed by atoms with Gasteiger partial charge in [0.1, 0.15) is 10.7 Å². The van der Waals surface area contributed by atoms with Gasteiger partial charge in [0, 0.05) is 0 Å². The molecule has 0 aliphatic rings. The third-order valence-electron chi connectivity index (χ3n) is 2.51. The largest absolute Gasteiger partial charge is 0.477 e. The number of fused-ring (bicyclic) bond motifs is 1. The minimum atomic E-state index is -1.04. The zero-order valence-electron chi connectivity index (χ0n) is 9.70. The molecule has 3 rings (SSSR count). The minimum absolute atomic E-state index is 0.0288. The van der Waals surface area contributed by atoms with Gasteiger partial charge >= 0.3 is 5.97 Å². The number of nitrogens with one attached hydrogen (secondary N) is 1. The van der Waals surface area contributed by atoms with Crippen molar-refractivity contribution in [2.45, 2.75) is 10.2 Å². The Hall–Kier alpha value is -2.34. The normalized spacial score (nSPS) is 10.7. The first-order valence-electron chi connectivity index (χ1n) is 5.55. The van der Waals surface area contributed by atoms with Crippen LogP contribution in [0.25, 0.3) is 11.0 Å². The Kier molecular flexibility index (Phi) is 2.92. The van der Waals surface area contributed by atoms with E-state index in [1.54, 1.807) is 12.1 Å². The number of carboxylic acid groups (broad SMARTS) is 1. The van der Waals surface area contributed by atoms with Gasteiger partial charge in [0.05, 0.1) is 11.0 Å². The highest BCUT2D eigenvalue weighted by Crippen LogP contribution is 2.25. The fraction of sp³-hybridized carbons (Fsp3) is 0. The van der Waals surface area contributed by atoms with Crippen molar-refractivity contribution in [3.05, 3.63) is 48.2 Å². The molecule has 0 fully saturated rings. The topological polar surface area (TPSA) is 78.9 Å². The van der Waals surface area contributed by atoms with Crippen molar-refractivity contribution in [2.75, 3.05) is 0 Å². The Morgan fingerprint density at radius 3 is 2.74 bits per heavy atom. The van der Waals surface area contributed by atoms with Crippen molar-refractivity contribution in [3.63, 3.8) is 0 Å². The zero-order valence-corrected chi connectivity index (χ0v) is 10.5. The maximum absolute atomic E-state index is 10.9. The molecule has 0 bridgehead atoms. The van der Waals surface area contributed by atoms with Crippen LogP contribution in [0.5, 0.6) is 0 Å². The number of para-hydroxylation sites is 2. The van der Waals surface area contributed by atoms with E-state index < -0.39 is 5.97 Å². The highest BCUT2D eigenvalue weighted by molar-refractivity contribution is 7.99. The summed E-state index contributed by atoms with van der Waals surface area (Å²) in [6, 6.07) is 12.6. The number of aromatic carboxylic acids is 1. The van der Waals surface area contributed by atoms with Gasteiger partial charge in [-0.05, 0) is 36.0 Å². The molecular weight excluding hydrogens is 262 g/mol. The van der Waals surface area contributed by atoms with Crippen LogP contribution in [0.3, 0.4) is 0 Å². The van der Waals surface area contributed by atoms with Crippen LogP contribution in [-0.2, 0) is 0 Å². The predicted molar refractivity (Wildman–Crippen MR) is 71.4 cm³/mol. The second kappa shape index (κ2) is 4.74. The number of rotatable bonds is 3. The summed E-state index contributed by atoms with van der Waals surface area (Å²) in [6.45, 7) is 0. The Bertz CT molecular complexity index is 721. The average molecular weight is 271 g/mol. The minimum Gasteiger partial charge on any atom is -0.477 e. The second-order valence-electron chi connectivity index (χ2n) is 3.83. The summed E-state index contributed by atoms with van der Waals surface area (Å²) in [5.74, 6) is -1.04. The maximum Gasteiger partial charge on any atom is 0.354 e. The number of nitrogens with zero attached hydrogens (tertiary/aromatic N) is 2. The molecule has 0 unspecified atom stereocenters. The number of imidazole rings is 1. The summed E-state index contributed by atoms with van der Waals surface area (Å²) in [4.78, 5) is 22.5. The van der Waals surface area contributed by atoms with Gasteiger partial charge in [-0.1, -0.05) is 18.2 Å². The molecule has 6 heteroatoms. The number of carbonyl (C=O) groups is 1. The highest BCUT2D eigenvalue weighted by Gasteiger charge is 2.08. The molecule has 94 valence electrons. The van der Waals surface area contributed by atoms with Gasteiger partial charge < -0.3 is 10.1 Å². The van der Waals surface area contributed by atoms with E-state index in [1.165, 1.54) is 17.8 Å². The van der Waals surface area contributed by atoms with E-state index in [-0.39, 0.29) is 5.69 Å². The molecule has 2 N–H and O–H groups in total. The van der Waals surface area contributed by atoms with Gasteiger partial charge in [-0.15, -0.1) is 0 Å². The van der Waals surface area contributed by atoms with Crippen LogP contribution in [0.1, 0.15) is 10.5 Å². The Labute approximate surface area is 112 Å². The van der Waals surface area contributed by atoms with Crippen molar-refractivity contribution in [2.24, 2.45) is 0 Å². The molecule has 5 nitrogen and oxygen atoms in total. The fourth-order valence-electron chi connectivity index (χ4n) is 1.67. The lowest BCUT2D eigenvalue weighted by molar-refractivity contribution is 0.0689. The summed E-state index contributed by atoms with van der Waals surface area (Å²) >= 11 is 1.30. The first-order chi connectivity index (χ1) is 9.22. The van der Waals surface area contributed by atoms with Crippen LogP contribution >= 0.6 is 11.8 Å². The monoisotopic (exact) mass is 271 g/mol. The molecule has 0 saturated carbocycles. The van der Waals surface area contributed by atoms with Crippen molar-refractivity contribution in [3.8, 4) is 0 Å². The van der Waals surface area contributed by atoms with Gasteiger partial charge in [0.25, 0.3) is 0 Å². The average Bonchev–Trinajstić information content (AvgIpc) is 2.81. The Morgan fingerprint density at radius 2 is 1.95 bits per heavy atom. The number of aromatic nitrogens is 3. The number of H-pyrrole nitrogens is 1. The first kappa shape index (κ1) is 11.7. The van der Waals surface area contributed by atoms with Crippen LogP contribution in [0.15, 0.2) is 52.6 Å². The first-order valence-corrected chi connectivity index (χ1v) is 6.37. The molecule has 19 heavy (non-hydrogen) atoms. The number of carboxylic acids is 1. The van der Waals surface area contributed by atoms with Gasteiger partial charge in [0.2, 0.25) is 0 Å². The molecular formula is C13H9N3O2S. The number of pyridine rings is 1. The van der Waals surface area contributed by atoms with Gasteiger partial charge in [-0.2, -0.15) is 0 Å². The Balaban J connectivity index is 1.92. The van der Waals surface area contributed by atoms with Gasteiger partial charge in [-0.25, -0.2) is 14.8 Å². The van der Waals surface area contributed by atoms with Crippen LogP contribution in [-0.4, -0.2) is 26.0 Å². The van der Waals surface area contributed by atoms with Crippen LogP contribution in [0.2, 0.25) is 0 Å². The number of benzene rings is 1. The van der Waals surface area contributed by atoms with E-state index in [0.29, 0.717) is 10.2 Å². The van der Waals surface area contributed by atoms with Crippen molar-refractivity contribution in [1.82, 2.24) is 15.0 Å². The summed E-state index contributed by atoms with van der Waals surface area (Å²) in [5.41, 5.74) is 1.85. The summed E-state index contributed by atoms with van der Waals surface area (Å²) in [6.07, 6.45) is 0. The maximum atomic E-state index is 10.9. The Morgan fingerprint density at radius 1 is 1.11 bits per heavy atom. The summed E-state index contributed by atoms with van der Waals surface area (Å²) in [7, 11) is 0. The predicted octanol–water partition coefficient (Wildman–Crippen LogP) is 2.81. The van der Waals surface area contributed by atoms with E-state index in [0.717, 1.165) is 11.0 Å². The number of hydrogen-bond acceptors (Lipinski definition) is 4. The highest BCUT2D eigenvalue weighted by atomic mass is 32.2. The number of hydrogen-bond donors (Lipinski definition) is 2. The molecule has 0 atom stereocenters. The fourth-order valence-corrected chi connectivity index (χ4v) is 2.46. The lowest BCUT2D eigenvalue weighted by Gasteiger charge is -1.98. The van der Waals surface area contributed by atoms with Gasteiger partial charge in [-0.3, -0.25) is 0 Å². The van der Waals surface area contributed by atoms with E-state index in [2.05, 4.69) is 15.0 Å². The summed E-state index contributed by atoms with van der Waals surface area (Å²) < 4.78 is 0. The standard InChI is InChI=1S/C13H9N3O2S/c17-12(18)10-6-3-7-11(14-10)19-13-15-8-4-1-2-5-9(8)16-13/h1-7H,(H,15,16)(H,17,18). The van der Waals surface area contributed by atoms with Crippen LogP contribution in [0, 0.1) is 0 Å². The molecule has 0 aliphatic carbocycles. The van der Waals surface area contributed by atoms with E-state index in [4.69, 9.17) is 5.11 Å². The lowest BCUT2D eigenvalue weighted by atomic mass is 10.3. The molecule has 1 aromatic carbocycles. The van der Waals surface area contributed by atoms with Crippen LogP contribution in [0.4, 0.5) is 0 Å². The molecule has 2 aromatic heterocycles. The van der Waals surface area contributed by atoms with E-state index in [1.807, 2.05) is 24.3 Å². The second-order valence-corrected chi connectivity index (χ2v) is 4.84. The van der Waals surface area contributed by atoms with E-state index >= 15 is 0 Å². The molecule has 0 amide bonds. The summed E-state index contributed by atoms with van der Waals surface area (Å²) in [5, 5.41) is 10.2. The van der Waals surface area contributed by atoms with Crippen molar-refractivity contribution >= 4 is 28.8 Å². The van der Waals surface area contributed by atoms with E-state index in [9.17, 15) is 4.79 Å². The van der Waals surface area contributed by atoms with Crippen LogP contribution < -0.4 is 0 Å². The van der Waals surface area contributed by atoms with Crippen molar-refractivity contribution in [1.29, 1.82) is 0 Å². The lowest BCUT2D eigenvalue weighted by Crippen LogP contribution is -1.99. The third-order valence-corrected chi connectivity index (χ3v) is 3.33. The smallest absolute Gasteiger partial charge is 0.354 e. The van der Waals surface area contributed by atoms with Crippen molar-refractivity contribution < 1.29 is 9.90 Å². The zero-order chi connectivity index (χ0) is 13.2. The molecule has 0 radical (unpaired) electrons. The van der Waals surface area contributed by atoms with Gasteiger partial charge in [0.15, 0.2) is 5.16 Å². The number of aromatic amines is 1. The third kappa shape index (κ3) is 2.43. The quantitative estimate of drug-likeness (QED) is 0.765. The molecule has 0 spiro atoms. The molecule has 0 saturated heterocycles.